The molecule has 3 rings (SSSR count). The molecule has 1 aliphatic carbocycles. The van der Waals surface area contributed by atoms with Crippen molar-refractivity contribution >= 4 is 11.7 Å². The molecule has 3 N–H and O–H groups in total. The van der Waals surface area contributed by atoms with Crippen LogP contribution in [-0.2, 0) is 0 Å². The smallest absolute Gasteiger partial charge is 0.319 e. The van der Waals surface area contributed by atoms with Gasteiger partial charge in [0.15, 0.2) is 0 Å². The van der Waals surface area contributed by atoms with E-state index in [1.165, 1.54) is 19.3 Å². The minimum Gasteiger partial charge on any atom is -0.335 e. The molecule has 1 fully saturated rings. The highest BCUT2D eigenvalue weighted by atomic mass is 16.2. The average molecular weight is 285 g/mol. The molecule has 6 heteroatoms. The molecule has 2 aromatic rings. The van der Waals surface area contributed by atoms with Crippen LogP contribution in [0.15, 0.2) is 30.6 Å². The van der Waals surface area contributed by atoms with Crippen molar-refractivity contribution in [3.05, 3.63) is 30.6 Å². The minimum atomic E-state index is -0.180. The number of nitrogens with one attached hydrogen (secondary N) is 3. The van der Waals surface area contributed by atoms with Crippen LogP contribution in [0.2, 0.25) is 0 Å². The van der Waals surface area contributed by atoms with Crippen molar-refractivity contribution in [1.82, 2.24) is 20.5 Å². The van der Waals surface area contributed by atoms with Crippen molar-refractivity contribution in [2.24, 2.45) is 0 Å². The number of rotatable bonds is 3. The molecule has 0 spiro atoms. The molecule has 0 unspecified atom stereocenters. The summed E-state index contributed by atoms with van der Waals surface area (Å²) in [6, 6.07) is 5.72. The minimum absolute atomic E-state index is 0.180. The maximum Gasteiger partial charge on any atom is 0.319 e. The quantitative estimate of drug-likeness (QED) is 0.810. The van der Waals surface area contributed by atoms with Crippen LogP contribution in [0, 0.1) is 0 Å². The third kappa shape index (κ3) is 3.39. The molecule has 0 atom stereocenters. The number of urea groups is 1. The van der Waals surface area contributed by atoms with Gasteiger partial charge < -0.3 is 10.6 Å². The number of hydrogen-bond donors (Lipinski definition) is 3. The first-order valence-corrected chi connectivity index (χ1v) is 7.35. The number of pyridine rings is 1. The molecule has 0 saturated heterocycles. The highest BCUT2D eigenvalue weighted by Gasteiger charge is 2.17. The largest absolute Gasteiger partial charge is 0.335 e. The van der Waals surface area contributed by atoms with Gasteiger partial charge in [-0.3, -0.25) is 10.1 Å². The number of aromatic amines is 1. The number of carbonyl (C=O) groups excluding carboxylic acids is 1. The molecule has 0 bridgehead atoms. The van der Waals surface area contributed by atoms with E-state index in [4.69, 9.17) is 0 Å². The number of nitrogens with zero attached hydrogens (tertiary/aromatic N) is 2. The third-order valence-corrected chi connectivity index (χ3v) is 3.75. The lowest BCUT2D eigenvalue weighted by Gasteiger charge is -2.22. The van der Waals surface area contributed by atoms with E-state index in [2.05, 4.69) is 25.8 Å². The summed E-state index contributed by atoms with van der Waals surface area (Å²) in [5.41, 5.74) is 2.11. The molecule has 110 valence electrons. The lowest BCUT2D eigenvalue weighted by molar-refractivity contribution is 0.244. The number of H-pyrrole nitrogens is 1. The first kappa shape index (κ1) is 13.6. The van der Waals surface area contributed by atoms with Gasteiger partial charge in [0, 0.05) is 12.2 Å². The van der Waals surface area contributed by atoms with Gasteiger partial charge in [-0.1, -0.05) is 25.3 Å². The molecule has 1 saturated carbocycles. The zero-order valence-corrected chi connectivity index (χ0v) is 11.8. The summed E-state index contributed by atoms with van der Waals surface area (Å²) in [6.45, 7) is 0. The Morgan fingerprint density at radius 2 is 2.10 bits per heavy atom. The van der Waals surface area contributed by atoms with E-state index in [1.807, 2.05) is 18.2 Å². The van der Waals surface area contributed by atoms with Gasteiger partial charge in [0.05, 0.1) is 17.6 Å². The van der Waals surface area contributed by atoms with Gasteiger partial charge in [-0.05, 0) is 25.0 Å². The van der Waals surface area contributed by atoms with Gasteiger partial charge in [-0.2, -0.15) is 5.10 Å². The van der Waals surface area contributed by atoms with E-state index in [9.17, 15) is 4.79 Å². The number of hydrogen-bond acceptors (Lipinski definition) is 3. The summed E-state index contributed by atoms with van der Waals surface area (Å²) in [7, 11) is 0. The highest BCUT2D eigenvalue weighted by molar-refractivity contribution is 5.93. The van der Waals surface area contributed by atoms with Crippen molar-refractivity contribution in [3.63, 3.8) is 0 Å². The molecule has 1 aliphatic rings. The van der Waals surface area contributed by atoms with Gasteiger partial charge in [0.2, 0.25) is 0 Å². The van der Waals surface area contributed by atoms with E-state index < -0.39 is 0 Å². The zero-order chi connectivity index (χ0) is 14.5. The molecule has 0 radical (unpaired) electrons. The van der Waals surface area contributed by atoms with Crippen LogP contribution in [0.3, 0.4) is 0 Å². The van der Waals surface area contributed by atoms with E-state index in [0.29, 0.717) is 5.69 Å². The summed E-state index contributed by atoms with van der Waals surface area (Å²) in [6.07, 6.45) is 9.08. The van der Waals surface area contributed by atoms with Gasteiger partial charge in [-0.25, -0.2) is 4.79 Å². The first-order chi connectivity index (χ1) is 10.3. The Labute approximate surface area is 123 Å². The second-order valence-electron chi connectivity index (χ2n) is 5.31. The van der Waals surface area contributed by atoms with Gasteiger partial charge in [-0.15, -0.1) is 0 Å². The van der Waals surface area contributed by atoms with Crippen molar-refractivity contribution in [2.75, 3.05) is 5.32 Å². The lowest BCUT2D eigenvalue weighted by atomic mass is 9.96. The average Bonchev–Trinajstić information content (AvgIpc) is 2.97. The van der Waals surface area contributed by atoms with Gasteiger partial charge in [0.25, 0.3) is 0 Å². The highest BCUT2D eigenvalue weighted by Crippen LogP contribution is 2.23. The normalized spacial score (nSPS) is 15.6. The Morgan fingerprint density at radius 1 is 1.24 bits per heavy atom. The van der Waals surface area contributed by atoms with Crippen LogP contribution in [-0.4, -0.2) is 27.3 Å². The van der Waals surface area contributed by atoms with E-state index >= 15 is 0 Å². The number of aromatic nitrogens is 3. The van der Waals surface area contributed by atoms with Gasteiger partial charge in [0.1, 0.15) is 5.69 Å². The van der Waals surface area contributed by atoms with Crippen LogP contribution in [0.25, 0.3) is 11.4 Å². The van der Waals surface area contributed by atoms with Crippen molar-refractivity contribution in [1.29, 1.82) is 0 Å². The molecule has 2 aromatic heterocycles. The topological polar surface area (TPSA) is 82.7 Å². The molecule has 21 heavy (non-hydrogen) atoms. The Morgan fingerprint density at radius 3 is 2.86 bits per heavy atom. The second kappa shape index (κ2) is 6.39. The molecular formula is C15H19N5O. The fraction of sp³-hybridized carbons (Fsp3) is 0.400. The first-order valence-electron chi connectivity index (χ1n) is 7.35. The third-order valence-electron chi connectivity index (χ3n) is 3.75. The summed E-state index contributed by atoms with van der Waals surface area (Å²) >= 11 is 0. The van der Waals surface area contributed by atoms with Crippen molar-refractivity contribution in [2.45, 2.75) is 38.1 Å². The zero-order valence-electron chi connectivity index (χ0n) is 11.8. The Kier molecular flexibility index (Phi) is 4.14. The summed E-state index contributed by atoms with van der Waals surface area (Å²) in [5.74, 6) is 0. The molecule has 0 aromatic carbocycles. The monoisotopic (exact) mass is 285 g/mol. The molecule has 2 heterocycles. The predicted molar refractivity (Wildman–Crippen MR) is 80.8 cm³/mol. The van der Waals surface area contributed by atoms with Crippen molar-refractivity contribution in [3.8, 4) is 11.4 Å². The number of anilines is 1. The second-order valence-corrected chi connectivity index (χ2v) is 5.31. The standard InChI is InChI=1S/C15H19N5O/c21-15(18-11-6-2-1-3-7-11)19-13-10-17-20-14(13)12-8-4-5-9-16-12/h4-5,8-11H,1-3,6-7H2,(H,17,20)(H2,18,19,21). The summed E-state index contributed by atoms with van der Waals surface area (Å²) < 4.78 is 0. The number of carbonyl (C=O) groups is 1. The van der Waals surface area contributed by atoms with Crippen molar-refractivity contribution < 1.29 is 4.79 Å². The molecule has 6 nitrogen and oxygen atoms in total. The van der Waals surface area contributed by atoms with Gasteiger partial charge >= 0.3 is 6.03 Å². The Bertz CT molecular complexity index is 589. The van der Waals surface area contributed by atoms with Crippen LogP contribution < -0.4 is 10.6 Å². The molecule has 2 amide bonds. The molecular weight excluding hydrogens is 266 g/mol. The lowest BCUT2D eigenvalue weighted by Crippen LogP contribution is -2.39. The Hall–Kier alpha value is -2.37. The van der Waals surface area contributed by atoms with E-state index in [-0.39, 0.29) is 12.1 Å². The fourth-order valence-electron chi connectivity index (χ4n) is 2.68. The Balaban J connectivity index is 1.65. The maximum atomic E-state index is 12.1. The van der Waals surface area contributed by atoms with Crippen LogP contribution >= 0.6 is 0 Å². The van der Waals surface area contributed by atoms with Crippen LogP contribution in [0.4, 0.5) is 10.5 Å². The summed E-state index contributed by atoms with van der Waals surface area (Å²) in [5, 5.41) is 12.7. The molecule has 0 aliphatic heterocycles. The SMILES string of the molecule is O=C(Nc1cn[nH]c1-c1ccccn1)NC1CCCCC1. The van der Waals surface area contributed by atoms with E-state index in [0.717, 1.165) is 24.2 Å². The van der Waals surface area contributed by atoms with Crippen LogP contribution in [0.5, 0.6) is 0 Å². The maximum absolute atomic E-state index is 12.1. The van der Waals surface area contributed by atoms with E-state index in [1.54, 1.807) is 12.4 Å². The summed E-state index contributed by atoms with van der Waals surface area (Å²) in [4.78, 5) is 16.3. The fourth-order valence-corrected chi connectivity index (χ4v) is 2.68. The number of amides is 2. The van der Waals surface area contributed by atoms with Crippen LogP contribution in [0.1, 0.15) is 32.1 Å². The predicted octanol–water partition coefficient (Wildman–Crippen LogP) is 2.93.